The Morgan fingerprint density at radius 3 is 2.95 bits per heavy atom. The molecule has 0 aromatic carbocycles. The molecule has 2 heterocycles. The van der Waals surface area contributed by atoms with Gasteiger partial charge in [0.05, 0.1) is 11.2 Å². The summed E-state index contributed by atoms with van der Waals surface area (Å²) in [5.41, 5.74) is 0. The van der Waals surface area contributed by atoms with Crippen molar-refractivity contribution in [2.45, 2.75) is 45.1 Å². The molecule has 0 bridgehead atoms. The van der Waals surface area contributed by atoms with E-state index in [1.54, 1.807) is 6.20 Å². The molecule has 0 saturated carbocycles. The van der Waals surface area contributed by atoms with E-state index in [0.717, 1.165) is 30.8 Å². The van der Waals surface area contributed by atoms with Gasteiger partial charge < -0.3 is 10.0 Å². The molecule has 0 radical (unpaired) electrons. The first-order chi connectivity index (χ1) is 9.08. The summed E-state index contributed by atoms with van der Waals surface area (Å²) in [6, 6.07) is 0.0553. The number of carboxylic acid groups (broad SMARTS) is 1. The van der Waals surface area contributed by atoms with Gasteiger partial charge in [-0.05, 0) is 32.6 Å². The Balaban J connectivity index is 2.06. The highest BCUT2D eigenvalue weighted by molar-refractivity contribution is 7.13. The molecule has 104 valence electrons. The number of likely N-dealkylation sites (tertiary alicyclic amines) is 1. The van der Waals surface area contributed by atoms with Gasteiger partial charge in [-0.25, -0.2) is 4.98 Å². The Morgan fingerprint density at radius 1 is 1.53 bits per heavy atom. The molecule has 1 aromatic heterocycles. The number of rotatable bonds is 4. The fourth-order valence-electron chi connectivity index (χ4n) is 2.46. The Hall–Kier alpha value is -1.43. The second-order valence-corrected chi connectivity index (χ2v) is 6.06. The minimum absolute atomic E-state index is 0.000638. The van der Waals surface area contributed by atoms with Crippen LogP contribution in [0.3, 0.4) is 0 Å². The molecule has 1 aromatic rings. The lowest BCUT2D eigenvalue weighted by atomic mass is 9.97. The third kappa shape index (κ3) is 3.53. The molecule has 1 N–H and O–H groups in total. The maximum absolute atomic E-state index is 12.4. The number of amides is 1. The molecule has 1 fully saturated rings. The zero-order chi connectivity index (χ0) is 13.8. The predicted octanol–water partition coefficient (Wildman–Crippen LogP) is 2.31. The lowest BCUT2D eigenvalue weighted by Crippen LogP contribution is -2.43. The average molecular weight is 282 g/mol. The van der Waals surface area contributed by atoms with Gasteiger partial charge in [0, 0.05) is 19.0 Å². The molecule has 1 aliphatic heterocycles. The van der Waals surface area contributed by atoms with Crippen molar-refractivity contribution in [2.24, 2.45) is 0 Å². The van der Waals surface area contributed by atoms with Crippen LogP contribution < -0.4 is 0 Å². The maximum atomic E-state index is 12.4. The Bertz CT molecular complexity index is 472. The molecule has 19 heavy (non-hydrogen) atoms. The molecule has 1 unspecified atom stereocenters. The SMILES string of the molecule is Cc1ncc(C(=O)N2CCCCC2CCC(=O)O)s1. The third-order valence-corrected chi connectivity index (χ3v) is 4.31. The molecule has 1 amide bonds. The first kappa shape index (κ1) is 14.0. The Morgan fingerprint density at radius 2 is 2.32 bits per heavy atom. The summed E-state index contributed by atoms with van der Waals surface area (Å²) >= 11 is 1.40. The van der Waals surface area contributed by atoms with Crippen molar-refractivity contribution >= 4 is 23.2 Å². The first-order valence-corrected chi connectivity index (χ1v) is 7.35. The highest BCUT2D eigenvalue weighted by Gasteiger charge is 2.28. The zero-order valence-electron chi connectivity index (χ0n) is 11.0. The van der Waals surface area contributed by atoms with E-state index in [-0.39, 0.29) is 18.4 Å². The minimum atomic E-state index is -0.799. The number of aryl methyl sites for hydroxylation is 1. The van der Waals surface area contributed by atoms with E-state index in [4.69, 9.17) is 5.11 Å². The number of carboxylic acids is 1. The van der Waals surface area contributed by atoms with Gasteiger partial charge in [-0.15, -0.1) is 11.3 Å². The van der Waals surface area contributed by atoms with Gasteiger partial charge in [0.15, 0.2) is 0 Å². The van der Waals surface area contributed by atoms with Gasteiger partial charge in [0.2, 0.25) is 0 Å². The summed E-state index contributed by atoms with van der Waals surface area (Å²) in [5, 5.41) is 9.66. The molecule has 2 rings (SSSR count). The number of aromatic nitrogens is 1. The number of carbonyl (C=O) groups is 2. The summed E-state index contributed by atoms with van der Waals surface area (Å²) in [4.78, 5) is 29.7. The number of carbonyl (C=O) groups excluding carboxylic acids is 1. The summed E-state index contributed by atoms with van der Waals surface area (Å²) in [6.07, 6.45) is 5.24. The van der Waals surface area contributed by atoms with Crippen LogP contribution in [-0.2, 0) is 4.79 Å². The molecule has 0 aliphatic carbocycles. The van der Waals surface area contributed by atoms with Crippen LogP contribution in [0.4, 0.5) is 0 Å². The quantitative estimate of drug-likeness (QED) is 0.920. The van der Waals surface area contributed by atoms with Crippen molar-refractivity contribution in [1.29, 1.82) is 0 Å². The van der Waals surface area contributed by atoms with Crippen molar-refractivity contribution in [3.8, 4) is 0 Å². The number of piperidine rings is 1. The van der Waals surface area contributed by atoms with Crippen LogP contribution in [0.5, 0.6) is 0 Å². The van der Waals surface area contributed by atoms with Gasteiger partial charge in [-0.2, -0.15) is 0 Å². The van der Waals surface area contributed by atoms with Crippen LogP contribution in [0.1, 0.15) is 46.8 Å². The predicted molar refractivity (Wildman–Crippen MR) is 72.4 cm³/mol. The van der Waals surface area contributed by atoms with Crippen LogP contribution in [0.2, 0.25) is 0 Å². The van der Waals surface area contributed by atoms with Crippen LogP contribution in [0, 0.1) is 6.92 Å². The summed E-state index contributed by atoms with van der Waals surface area (Å²) < 4.78 is 0. The monoisotopic (exact) mass is 282 g/mol. The van der Waals surface area contributed by atoms with Crippen LogP contribution in [0.25, 0.3) is 0 Å². The molecule has 1 saturated heterocycles. The molecular weight excluding hydrogens is 264 g/mol. The standard InChI is InChI=1S/C13H18N2O3S/c1-9-14-8-11(19-9)13(18)15-7-3-2-4-10(15)5-6-12(16)17/h8,10H,2-7H2,1H3,(H,16,17). The van der Waals surface area contributed by atoms with Crippen molar-refractivity contribution in [1.82, 2.24) is 9.88 Å². The molecule has 1 aliphatic rings. The molecule has 1 atom stereocenters. The lowest BCUT2D eigenvalue weighted by molar-refractivity contribution is -0.137. The average Bonchev–Trinajstić information content (AvgIpc) is 2.82. The maximum Gasteiger partial charge on any atom is 0.303 e. The third-order valence-electron chi connectivity index (χ3n) is 3.41. The normalized spacial score (nSPS) is 19.4. The number of hydrogen-bond donors (Lipinski definition) is 1. The summed E-state index contributed by atoms with van der Waals surface area (Å²) in [6.45, 7) is 2.60. The first-order valence-electron chi connectivity index (χ1n) is 6.53. The zero-order valence-corrected chi connectivity index (χ0v) is 11.8. The van der Waals surface area contributed by atoms with Crippen LogP contribution >= 0.6 is 11.3 Å². The van der Waals surface area contributed by atoms with E-state index in [2.05, 4.69) is 4.98 Å². The Kier molecular flexibility index (Phi) is 4.52. The fourth-order valence-corrected chi connectivity index (χ4v) is 3.19. The molecule has 0 spiro atoms. The molecular formula is C13H18N2O3S. The molecule has 6 heteroatoms. The minimum Gasteiger partial charge on any atom is -0.481 e. The van der Waals surface area contributed by atoms with Crippen molar-refractivity contribution < 1.29 is 14.7 Å². The highest BCUT2D eigenvalue weighted by atomic mass is 32.1. The summed E-state index contributed by atoms with van der Waals surface area (Å²) in [5.74, 6) is -0.799. The largest absolute Gasteiger partial charge is 0.481 e. The second kappa shape index (κ2) is 6.14. The van der Waals surface area contributed by atoms with E-state index in [1.807, 2.05) is 11.8 Å². The molecule has 5 nitrogen and oxygen atoms in total. The number of aliphatic carboxylic acids is 1. The highest BCUT2D eigenvalue weighted by Crippen LogP contribution is 2.24. The van der Waals surface area contributed by atoms with Crippen LogP contribution in [-0.4, -0.2) is 39.5 Å². The Labute approximate surface area is 116 Å². The van der Waals surface area contributed by atoms with E-state index in [1.165, 1.54) is 11.3 Å². The van der Waals surface area contributed by atoms with Gasteiger partial charge in [-0.1, -0.05) is 0 Å². The number of thiazole rings is 1. The summed E-state index contributed by atoms with van der Waals surface area (Å²) in [7, 11) is 0. The van der Waals surface area contributed by atoms with Gasteiger partial charge >= 0.3 is 5.97 Å². The van der Waals surface area contributed by atoms with Crippen molar-refractivity contribution in [3.05, 3.63) is 16.1 Å². The van der Waals surface area contributed by atoms with E-state index in [9.17, 15) is 9.59 Å². The second-order valence-electron chi connectivity index (χ2n) is 4.82. The van der Waals surface area contributed by atoms with Gasteiger partial charge in [0.1, 0.15) is 4.88 Å². The van der Waals surface area contributed by atoms with E-state index >= 15 is 0 Å². The van der Waals surface area contributed by atoms with E-state index in [0.29, 0.717) is 11.3 Å². The van der Waals surface area contributed by atoms with Crippen LogP contribution in [0.15, 0.2) is 6.20 Å². The number of nitrogens with zero attached hydrogens (tertiary/aromatic N) is 2. The topological polar surface area (TPSA) is 70.5 Å². The fraction of sp³-hybridized carbons (Fsp3) is 0.615. The van der Waals surface area contributed by atoms with Crippen molar-refractivity contribution in [3.63, 3.8) is 0 Å². The lowest BCUT2D eigenvalue weighted by Gasteiger charge is -2.35. The smallest absolute Gasteiger partial charge is 0.303 e. The van der Waals surface area contributed by atoms with Gasteiger partial charge in [-0.3, -0.25) is 9.59 Å². The number of hydrogen-bond acceptors (Lipinski definition) is 4. The van der Waals surface area contributed by atoms with Gasteiger partial charge in [0.25, 0.3) is 5.91 Å². The van der Waals surface area contributed by atoms with E-state index < -0.39 is 5.97 Å². The van der Waals surface area contributed by atoms with Crippen molar-refractivity contribution in [2.75, 3.05) is 6.54 Å².